The topological polar surface area (TPSA) is 74.8 Å². The van der Waals surface area contributed by atoms with Crippen LogP contribution in [-0.4, -0.2) is 55.0 Å². The smallest absolute Gasteiger partial charge is 0.227 e. The molecule has 0 spiro atoms. The molecule has 1 saturated heterocycles. The monoisotopic (exact) mass is 442 g/mol. The van der Waals surface area contributed by atoms with Crippen LogP contribution in [0, 0.1) is 12.8 Å². The predicted octanol–water partition coefficient (Wildman–Crippen LogP) is 3.26. The lowest BCUT2D eigenvalue weighted by molar-refractivity contribution is -0.131. The zero-order valence-electron chi connectivity index (χ0n) is 18.4. The molecular formula is C23H30N4O3S. The predicted molar refractivity (Wildman–Crippen MR) is 123 cm³/mol. The highest BCUT2D eigenvalue weighted by Crippen LogP contribution is 2.35. The molecule has 166 valence electrons. The van der Waals surface area contributed by atoms with E-state index in [2.05, 4.69) is 10.2 Å². The second-order valence-corrected chi connectivity index (χ2v) is 9.26. The van der Waals surface area contributed by atoms with E-state index in [0.29, 0.717) is 6.42 Å². The van der Waals surface area contributed by atoms with Gasteiger partial charge in [-0.25, -0.2) is 4.98 Å². The molecule has 2 aliphatic rings. The van der Waals surface area contributed by atoms with Crippen molar-refractivity contribution in [2.45, 2.75) is 39.5 Å². The Labute approximate surface area is 187 Å². The Hall–Kier alpha value is -2.61. The molecule has 2 aromatic rings. The molecule has 1 atom stereocenters. The summed E-state index contributed by atoms with van der Waals surface area (Å²) in [6, 6.07) is 5.69. The van der Waals surface area contributed by atoms with Crippen LogP contribution in [0.15, 0.2) is 18.2 Å². The van der Waals surface area contributed by atoms with Gasteiger partial charge >= 0.3 is 0 Å². The van der Waals surface area contributed by atoms with Crippen molar-refractivity contribution in [2.75, 3.05) is 43.5 Å². The summed E-state index contributed by atoms with van der Waals surface area (Å²) < 4.78 is 5.24. The van der Waals surface area contributed by atoms with E-state index in [1.807, 2.05) is 36.9 Å². The molecule has 2 amide bonds. The fourth-order valence-corrected chi connectivity index (χ4v) is 5.47. The minimum absolute atomic E-state index is 0.0404. The number of amides is 2. The van der Waals surface area contributed by atoms with Crippen molar-refractivity contribution < 1.29 is 14.3 Å². The van der Waals surface area contributed by atoms with Gasteiger partial charge in [0.25, 0.3) is 0 Å². The van der Waals surface area contributed by atoms with Gasteiger partial charge in [-0.1, -0.05) is 6.92 Å². The Bertz CT molecular complexity index is 966. The molecule has 0 saturated carbocycles. The normalized spacial score (nSPS) is 18.5. The minimum atomic E-state index is -0.0404. The Morgan fingerprint density at radius 2 is 2.03 bits per heavy atom. The summed E-state index contributed by atoms with van der Waals surface area (Å²) in [5.41, 5.74) is 2.96. The van der Waals surface area contributed by atoms with Gasteiger partial charge in [0.1, 0.15) is 5.75 Å². The number of fused-ring (bicyclic) bond motifs is 1. The number of rotatable bonds is 5. The summed E-state index contributed by atoms with van der Waals surface area (Å²) in [4.78, 5) is 35.1. The number of piperazine rings is 1. The molecule has 1 aliphatic carbocycles. The lowest BCUT2D eigenvalue weighted by Crippen LogP contribution is -2.48. The number of thiazole rings is 1. The van der Waals surface area contributed by atoms with Crippen LogP contribution in [-0.2, 0) is 22.4 Å². The Morgan fingerprint density at radius 1 is 1.26 bits per heavy atom. The molecule has 1 fully saturated rings. The fraction of sp³-hybridized carbons (Fsp3) is 0.522. The van der Waals surface area contributed by atoms with Gasteiger partial charge < -0.3 is 19.9 Å². The highest BCUT2D eigenvalue weighted by Gasteiger charge is 2.30. The molecule has 0 bridgehead atoms. The molecule has 0 unspecified atom stereocenters. The summed E-state index contributed by atoms with van der Waals surface area (Å²) in [6.45, 7) is 7.02. The van der Waals surface area contributed by atoms with Crippen LogP contribution in [0.25, 0.3) is 0 Å². The van der Waals surface area contributed by atoms with Crippen molar-refractivity contribution in [2.24, 2.45) is 5.92 Å². The van der Waals surface area contributed by atoms with E-state index in [1.165, 1.54) is 4.88 Å². The number of methoxy groups -OCH3 is 1. The third-order valence-corrected chi connectivity index (χ3v) is 7.38. The first-order valence-corrected chi connectivity index (χ1v) is 11.8. The maximum absolute atomic E-state index is 12.9. The first-order chi connectivity index (χ1) is 15.0. The molecule has 1 N–H and O–H groups in total. The van der Waals surface area contributed by atoms with E-state index in [0.717, 1.165) is 73.3 Å². The third kappa shape index (κ3) is 4.69. The Balaban J connectivity index is 1.38. The maximum Gasteiger partial charge on any atom is 0.227 e. The first kappa shape index (κ1) is 21.6. The second-order valence-electron chi connectivity index (χ2n) is 8.20. The minimum Gasteiger partial charge on any atom is -0.497 e. The number of aryl methyl sites for hydroxylation is 2. The third-order valence-electron chi connectivity index (χ3n) is 6.20. The van der Waals surface area contributed by atoms with Crippen molar-refractivity contribution >= 4 is 34.0 Å². The lowest BCUT2D eigenvalue weighted by Gasteiger charge is -2.34. The van der Waals surface area contributed by atoms with Gasteiger partial charge in [-0.05, 0) is 49.9 Å². The first-order valence-electron chi connectivity index (χ1n) is 10.9. The number of nitrogens with one attached hydrogen (secondary N) is 1. The molecule has 1 aromatic heterocycles. The number of hydrogen-bond donors (Lipinski definition) is 1. The van der Waals surface area contributed by atoms with Gasteiger partial charge in [0.05, 0.1) is 12.8 Å². The number of anilines is 2. The van der Waals surface area contributed by atoms with Gasteiger partial charge in [0.2, 0.25) is 11.8 Å². The van der Waals surface area contributed by atoms with Crippen molar-refractivity contribution in [3.63, 3.8) is 0 Å². The molecule has 0 radical (unpaired) electrons. The van der Waals surface area contributed by atoms with E-state index in [1.54, 1.807) is 18.4 Å². The van der Waals surface area contributed by atoms with Crippen molar-refractivity contribution in [1.82, 2.24) is 9.88 Å². The van der Waals surface area contributed by atoms with Gasteiger partial charge in [-0.3, -0.25) is 9.59 Å². The zero-order chi connectivity index (χ0) is 22.0. The maximum atomic E-state index is 12.9. The molecule has 31 heavy (non-hydrogen) atoms. The molecule has 4 rings (SSSR count). The Morgan fingerprint density at radius 3 is 2.71 bits per heavy atom. The highest BCUT2D eigenvalue weighted by molar-refractivity contribution is 7.15. The van der Waals surface area contributed by atoms with Crippen LogP contribution >= 0.6 is 11.3 Å². The van der Waals surface area contributed by atoms with Crippen LogP contribution in [0.3, 0.4) is 0 Å². The summed E-state index contributed by atoms with van der Waals surface area (Å²) in [7, 11) is 1.64. The number of aromatic nitrogens is 1. The summed E-state index contributed by atoms with van der Waals surface area (Å²) in [5, 5.41) is 4.12. The van der Waals surface area contributed by atoms with Crippen LogP contribution in [0.1, 0.15) is 35.9 Å². The van der Waals surface area contributed by atoms with E-state index in [-0.39, 0.29) is 17.7 Å². The number of hydrogen-bond acceptors (Lipinski definition) is 6. The highest BCUT2D eigenvalue weighted by atomic mass is 32.1. The molecule has 7 nitrogen and oxygen atoms in total. The quantitative estimate of drug-likeness (QED) is 0.769. The van der Waals surface area contributed by atoms with Gasteiger partial charge in [0.15, 0.2) is 5.13 Å². The molecular weight excluding hydrogens is 412 g/mol. The van der Waals surface area contributed by atoms with Gasteiger partial charge in [-0.2, -0.15) is 0 Å². The van der Waals surface area contributed by atoms with Crippen LogP contribution < -0.4 is 15.0 Å². The lowest BCUT2D eigenvalue weighted by atomic mass is 9.90. The number of carbonyl (C=O) groups is 2. The molecule has 2 heterocycles. The average molecular weight is 443 g/mol. The number of carbonyl (C=O) groups excluding carboxylic acids is 2. The average Bonchev–Trinajstić information content (AvgIpc) is 3.23. The number of nitrogens with zero attached hydrogens (tertiary/aromatic N) is 3. The second kappa shape index (κ2) is 9.26. The SMILES string of the molecule is CCC(=O)N1CCN(c2nc3c(s2)C[C@H](C(=O)Nc2ccc(OC)cc2C)CC3)CC1. The van der Waals surface area contributed by atoms with Crippen LogP contribution in [0.5, 0.6) is 5.75 Å². The van der Waals surface area contributed by atoms with E-state index < -0.39 is 0 Å². The Kier molecular flexibility index (Phi) is 6.46. The van der Waals surface area contributed by atoms with Crippen molar-refractivity contribution in [3.8, 4) is 5.75 Å². The number of ether oxygens (including phenoxy) is 1. The van der Waals surface area contributed by atoms with Gasteiger partial charge in [-0.15, -0.1) is 11.3 Å². The summed E-state index contributed by atoms with van der Waals surface area (Å²) in [6.07, 6.45) is 2.95. The van der Waals surface area contributed by atoms with Crippen LogP contribution in [0.2, 0.25) is 0 Å². The number of benzene rings is 1. The van der Waals surface area contributed by atoms with E-state index >= 15 is 0 Å². The molecule has 1 aromatic carbocycles. The molecule has 8 heteroatoms. The largest absolute Gasteiger partial charge is 0.497 e. The van der Waals surface area contributed by atoms with E-state index in [9.17, 15) is 9.59 Å². The van der Waals surface area contributed by atoms with E-state index in [4.69, 9.17) is 9.72 Å². The molecule has 1 aliphatic heterocycles. The van der Waals surface area contributed by atoms with Crippen molar-refractivity contribution in [1.29, 1.82) is 0 Å². The zero-order valence-corrected chi connectivity index (χ0v) is 19.3. The van der Waals surface area contributed by atoms with Crippen molar-refractivity contribution in [3.05, 3.63) is 34.3 Å². The summed E-state index contributed by atoms with van der Waals surface area (Å²) >= 11 is 1.71. The van der Waals surface area contributed by atoms with Gasteiger partial charge in [0, 0.05) is 49.1 Å². The van der Waals surface area contributed by atoms with Crippen LogP contribution in [0.4, 0.5) is 10.8 Å². The summed E-state index contributed by atoms with van der Waals surface area (Å²) in [5.74, 6) is 1.04. The fourth-order valence-electron chi connectivity index (χ4n) is 4.23. The standard InChI is InChI=1S/C23H30N4O3S/c1-4-21(28)26-9-11-27(12-10-26)23-25-19-7-5-16(14-20(19)31-23)22(29)24-18-8-6-17(30-3)13-15(18)2/h6,8,13,16H,4-5,7,9-12,14H2,1-3H3,(H,24,29)/t16-/m1/s1.